The van der Waals surface area contributed by atoms with Crippen LogP contribution in [0.25, 0.3) is 0 Å². The lowest BCUT2D eigenvalue weighted by Gasteiger charge is -2.54. The summed E-state index contributed by atoms with van der Waals surface area (Å²) >= 11 is 6.02. The van der Waals surface area contributed by atoms with Gasteiger partial charge < -0.3 is 20.9 Å². The van der Waals surface area contributed by atoms with Crippen LogP contribution in [0, 0.1) is 23.2 Å². The van der Waals surface area contributed by atoms with Gasteiger partial charge in [-0.2, -0.15) is 5.26 Å². The van der Waals surface area contributed by atoms with Crippen molar-refractivity contribution in [2.75, 3.05) is 11.9 Å². The minimum absolute atomic E-state index is 0.0892. The normalized spacial score (nSPS) is 28.4. The fourth-order valence-electron chi connectivity index (χ4n) is 5.68. The van der Waals surface area contributed by atoms with Crippen molar-refractivity contribution in [3.63, 3.8) is 0 Å². The van der Waals surface area contributed by atoms with Crippen LogP contribution in [0.1, 0.15) is 45.4 Å². The van der Waals surface area contributed by atoms with Gasteiger partial charge in [-0.15, -0.1) is 0 Å². The molecule has 1 saturated carbocycles. The van der Waals surface area contributed by atoms with Crippen molar-refractivity contribution in [3.8, 4) is 6.07 Å². The van der Waals surface area contributed by atoms with E-state index in [1.54, 1.807) is 31.2 Å². The molecule has 194 valence electrons. The molecule has 3 amide bonds. The van der Waals surface area contributed by atoms with Gasteiger partial charge in [-0.3, -0.25) is 14.4 Å². The molecule has 1 aromatic rings. The van der Waals surface area contributed by atoms with E-state index in [0.717, 1.165) is 6.42 Å². The van der Waals surface area contributed by atoms with E-state index in [0.29, 0.717) is 30.1 Å². The zero-order valence-corrected chi connectivity index (χ0v) is 20.7. The summed E-state index contributed by atoms with van der Waals surface area (Å²) in [6, 6.07) is 4.74. The van der Waals surface area contributed by atoms with Gasteiger partial charge in [0.05, 0.1) is 12.0 Å². The van der Waals surface area contributed by atoms with Crippen LogP contribution in [-0.2, 0) is 14.4 Å². The van der Waals surface area contributed by atoms with E-state index in [-0.39, 0.29) is 18.7 Å². The molecule has 4 fully saturated rings. The lowest BCUT2D eigenvalue weighted by atomic mass is 9.71. The average Bonchev–Trinajstić information content (AvgIpc) is 2.83. The van der Waals surface area contributed by atoms with Gasteiger partial charge in [0.1, 0.15) is 18.1 Å². The highest BCUT2D eigenvalue weighted by Gasteiger charge is 2.60. The van der Waals surface area contributed by atoms with Crippen molar-refractivity contribution in [1.29, 1.82) is 5.26 Å². The van der Waals surface area contributed by atoms with Crippen LogP contribution in [0.4, 0.5) is 14.5 Å². The van der Waals surface area contributed by atoms with Crippen molar-refractivity contribution < 1.29 is 23.2 Å². The van der Waals surface area contributed by atoms with Gasteiger partial charge in [-0.25, -0.2) is 8.78 Å². The summed E-state index contributed by atoms with van der Waals surface area (Å²) in [6.07, 6.45) is 1.43. The van der Waals surface area contributed by atoms with E-state index in [9.17, 15) is 28.4 Å². The van der Waals surface area contributed by atoms with Crippen LogP contribution >= 0.6 is 11.6 Å². The predicted octanol–water partition coefficient (Wildman–Crippen LogP) is 3.08. The fourth-order valence-corrected chi connectivity index (χ4v) is 5.87. The van der Waals surface area contributed by atoms with Crippen LogP contribution in [0.2, 0.25) is 5.02 Å². The minimum atomic E-state index is -3.10. The molecule has 0 aromatic heterocycles. The molecular formula is C25H30ClF2N5O3. The zero-order valence-electron chi connectivity index (χ0n) is 20.0. The fraction of sp³-hybridized carbons (Fsp3) is 0.600. The highest BCUT2D eigenvalue weighted by Crippen LogP contribution is 2.49. The number of anilines is 1. The van der Waals surface area contributed by atoms with E-state index in [2.05, 4.69) is 16.0 Å². The number of carbonyl (C=O) groups is 3. The van der Waals surface area contributed by atoms with Gasteiger partial charge in [-0.1, -0.05) is 17.7 Å². The second-order valence-corrected chi connectivity index (χ2v) is 10.4. The summed E-state index contributed by atoms with van der Waals surface area (Å²) in [5.74, 6) is -6.32. The number of fused-ring (bicyclic) bond motifs is 3. The molecule has 3 heterocycles. The molecule has 4 aliphatic rings. The lowest BCUT2D eigenvalue weighted by Crippen LogP contribution is -2.70. The van der Waals surface area contributed by atoms with Crippen LogP contribution in [-0.4, -0.2) is 59.3 Å². The first-order chi connectivity index (χ1) is 17.1. The SMILES string of the molecule is C[C@@H](Nc1cccc(Cl)c1)C(=O)N1[C@H]2CC[C@@H]([C@H]1C(=O)N[C@H](C#N)C[C@@H]1CCCNC1=O)C(F)(F)C2. The Morgan fingerprint density at radius 3 is 2.78 bits per heavy atom. The van der Waals surface area contributed by atoms with Gasteiger partial charge in [0.25, 0.3) is 5.92 Å². The number of halogens is 3. The van der Waals surface area contributed by atoms with Gasteiger partial charge in [0, 0.05) is 35.6 Å². The topological polar surface area (TPSA) is 114 Å². The Bertz CT molecular complexity index is 1060. The number of nitriles is 1. The Morgan fingerprint density at radius 2 is 2.11 bits per heavy atom. The summed E-state index contributed by atoms with van der Waals surface area (Å²) in [4.78, 5) is 40.3. The second-order valence-electron chi connectivity index (χ2n) is 9.93. The number of carbonyl (C=O) groups excluding carboxylic acids is 3. The molecule has 0 radical (unpaired) electrons. The van der Waals surface area contributed by atoms with Gasteiger partial charge in [0.15, 0.2) is 0 Å². The molecule has 1 aliphatic carbocycles. The van der Waals surface area contributed by atoms with Crippen molar-refractivity contribution in [1.82, 2.24) is 15.5 Å². The average molecular weight is 522 g/mol. The summed E-state index contributed by atoms with van der Waals surface area (Å²) < 4.78 is 29.8. The number of piperidine rings is 3. The van der Waals surface area contributed by atoms with Crippen molar-refractivity contribution in [2.45, 2.75) is 75.5 Å². The minimum Gasteiger partial charge on any atom is -0.374 e. The Morgan fingerprint density at radius 1 is 1.33 bits per heavy atom. The highest BCUT2D eigenvalue weighted by molar-refractivity contribution is 6.30. The third-order valence-electron chi connectivity index (χ3n) is 7.43. The number of rotatable bonds is 7. The summed E-state index contributed by atoms with van der Waals surface area (Å²) in [6.45, 7) is 2.18. The molecule has 36 heavy (non-hydrogen) atoms. The second kappa shape index (κ2) is 10.6. The Kier molecular flexibility index (Phi) is 7.69. The molecule has 3 N–H and O–H groups in total. The van der Waals surface area contributed by atoms with Crippen molar-refractivity contribution in [2.24, 2.45) is 11.8 Å². The van der Waals surface area contributed by atoms with E-state index in [1.807, 2.05) is 6.07 Å². The molecule has 0 spiro atoms. The number of benzene rings is 1. The predicted molar refractivity (Wildman–Crippen MR) is 129 cm³/mol. The number of hydrogen-bond acceptors (Lipinski definition) is 5. The summed E-state index contributed by atoms with van der Waals surface area (Å²) in [5, 5.41) is 18.4. The molecule has 2 bridgehead atoms. The number of hydrogen-bond donors (Lipinski definition) is 3. The standard InChI is InChI=1S/C25H30ClF2N5O3/c1-14(31-17-6-2-5-16(26)11-17)24(36)33-19-7-8-20(25(27,28)12-19)21(33)23(35)32-18(13-29)10-15-4-3-9-30-22(15)34/h2,5-6,11,14-15,18-21,31H,3-4,7-10,12H2,1H3,(H,30,34)(H,32,35)/t14-,15+,18+,19+,20+,21+/m1/s1. The van der Waals surface area contributed by atoms with E-state index >= 15 is 0 Å². The molecule has 3 saturated heterocycles. The number of nitrogens with zero attached hydrogens (tertiary/aromatic N) is 2. The van der Waals surface area contributed by atoms with E-state index in [4.69, 9.17) is 11.6 Å². The van der Waals surface area contributed by atoms with Crippen molar-refractivity contribution in [3.05, 3.63) is 29.3 Å². The van der Waals surface area contributed by atoms with Gasteiger partial charge in [-0.05, 0) is 57.2 Å². The lowest BCUT2D eigenvalue weighted by molar-refractivity contribution is -0.194. The molecule has 3 aliphatic heterocycles. The first-order valence-electron chi connectivity index (χ1n) is 12.3. The molecule has 5 rings (SSSR count). The smallest absolute Gasteiger partial charge is 0.255 e. The molecule has 1 aromatic carbocycles. The van der Waals surface area contributed by atoms with Crippen LogP contribution < -0.4 is 16.0 Å². The monoisotopic (exact) mass is 521 g/mol. The van der Waals surface area contributed by atoms with Crippen molar-refractivity contribution >= 4 is 35.0 Å². The third-order valence-corrected chi connectivity index (χ3v) is 7.66. The number of amides is 3. The van der Waals surface area contributed by atoms with Crippen LogP contribution in [0.3, 0.4) is 0 Å². The van der Waals surface area contributed by atoms with Crippen LogP contribution in [0.5, 0.6) is 0 Å². The zero-order chi connectivity index (χ0) is 26.0. The first-order valence-corrected chi connectivity index (χ1v) is 12.7. The van der Waals surface area contributed by atoms with Crippen LogP contribution in [0.15, 0.2) is 24.3 Å². The Balaban J connectivity index is 1.52. The number of alkyl halides is 2. The summed E-state index contributed by atoms with van der Waals surface area (Å²) in [5.41, 5.74) is 0.590. The number of nitrogens with one attached hydrogen (secondary N) is 3. The van der Waals surface area contributed by atoms with Gasteiger partial charge >= 0.3 is 0 Å². The quantitative estimate of drug-likeness (QED) is 0.510. The maximum Gasteiger partial charge on any atom is 0.255 e. The molecular weight excluding hydrogens is 492 g/mol. The molecule has 8 nitrogen and oxygen atoms in total. The largest absolute Gasteiger partial charge is 0.374 e. The molecule has 11 heteroatoms. The Labute approximate surface area is 213 Å². The molecule has 0 unspecified atom stereocenters. The molecule has 6 atom stereocenters. The van der Waals surface area contributed by atoms with E-state index < -0.39 is 60.2 Å². The van der Waals surface area contributed by atoms with Gasteiger partial charge in [0.2, 0.25) is 17.7 Å². The first kappa shape index (κ1) is 26.1. The Hall–Kier alpha value is -2.93. The maximum absolute atomic E-state index is 14.9. The highest BCUT2D eigenvalue weighted by atomic mass is 35.5. The van der Waals surface area contributed by atoms with E-state index in [1.165, 1.54) is 4.90 Å². The third kappa shape index (κ3) is 5.41. The maximum atomic E-state index is 14.9. The summed E-state index contributed by atoms with van der Waals surface area (Å²) in [7, 11) is 0.